The predicted molar refractivity (Wildman–Crippen MR) is 106 cm³/mol. The second kappa shape index (κ2) is 7.20. The van der Waals surface area contributed by atoms with Gasteiger partial charge in [0.2, 0.25) is 0 Å². The number of aliphatic hydroxyl groups is 1. The number of pyridine rings is 1. The van der Waals surface area contributed by atoms with Crippen molar-refractivity contribution >= 4 is 38.6 Å². The molecule has 1 aliphatic rings. The number of imidazole rings is 1. The zero-order chi connectivity index (χ0) is 19.1. The van der Waals surface area contributed by atoms with E-state index in [4.69, 9.17) is 0 Å². The molecular weight excluding hydrogens is 362 g/mol. The van der Waals surface area contributed by atoms with E-state index in [-0.39, 0.29) is 17.9 Å². The summed E-state index contributed by atoms with van der Waals surface area (Å²) in [5, 5.41) is 21.8. The molecule has 1 aliphatic carbocycles. The van der Waals surface area contributed by atoms with Crippen molar-refractivity contribution in [1.82, 2.24) is 14.5 Å². The van der Waals surface area contributed by atoms with Crippen LogP contribution in [-0.4, -0.2) is 30.7 Å². The standard InChI is InChI=1S/C20H25N3O3S/c1-3-14(20(25)26)12-4-6-13(7-5-12)23-17-16(22-19(23)11(2)24)10-21-15-8-9-27-18(15)17/h8-14,24H,3-7H2,1-2H3,(H,25,26)/t11-,12-,13-,14?/m1/s1. The highest BCUT2D eigenvalue weighted by molar-refractivity contribution is 7.18. The maximum Gasteiger partial charge on any atom is 0.306 e. The maximum absolute atomic E-state index is 11.5. The van der Waals surface area contributed by atoms with Crippen LogP contribution in [0, 0.1) is 11.8 Å². The van der Waals surface area contributed by atoms with E-state index in [1.807, 2.05) is 18.4 Å². The molecule has 0 aliphatic heterocycles. The summed E-state index contributed by atoms with van der Waals surface area (Å²) >= 11 is 1.65. The molecule has 2 atom stereocenters. The molecule has 0 aromatic carbocycles. The third-order valence-electron chi connectivity index (χ3n) is 5.96. The summed E-state index contributed by atoms with van der Waals surface area (Å²) in [5.74, 6) is -0.0154. The third kappa shape index (κ3) is 3.12. The van der Waals surface area contributed by atoms with Crippen molar-refractivity contribution in [2.45, 2.75) is 58.1 Å². The summed E-state index contributed by atoms with van der Waals surface area (Å²) in [6.45, 7) is 3.71. The molecule has 0 amide bonds. The van der Waals surface area contributed by atoms with Crippen molar-refractivity contribution in [2.24, 2.45) is 11.8 Å². The lowest BCUT2D eigenvalue weighted by atomic mass is 9.77. The Hall–Kier alpha value is -1.99. The quantitative estimate of drug-likeness (QED) is 0.671. The molecule has 1 unspecified atom stereocenters. The lowest BCUT2D eigenvalue weighted by Crippen LogP contribution is -2.28. The van der Waals surface area contributed by atoms with E-state index in [0.29, 0.717) is 12.2 Å². The first-order chi connectivity index (χ1) is 13.0. The summed E-state index contributed by atoms with van der Waals surface area (Å²) in [6, 6.07) is 2.24. The Labute approximate surface area is 161 Å². The largest absolute Gasteiger partial charge is 0.481 e. The zero-order valence-electron chi connectivity index (χ0n) is 15.6. The Morgan fingerprint density at radius 1 is 1.33 bits per heavy atom. The van der Waals surface area contributed by atoms with Gasteiger partial charge in [-0.05, 0) is 56.4 Å². The number of hydrogen-bond acceptors (Lipinski definition) is 5. The first-order valence-corrected chi connectivity index (χ1v) is 10.5. The number of rotatable bonds is 5. The molecule has 1 fully saturated rings. The summed E-state index contributed by atoms with van der Waals surface area (Å²) in [5.41, 5.74) is 2.83. The fourth-order valence-corrected chi connectivity index (χ4v) is 5.52. The van der Waals surface area contributed by atoms with E-state index in [9.17, 15) is 15.0 Å². The normalized spacial score (nSPS) is 22.9. The molecule has 0 radical (unpaired) electrons. The van der Waals surface area contributed by atoms with Gasteiger partial charge in [-0.25, -0.2) is 4.98 Å². The van der Waals surface area contributed by atoms with Crippen LogP contribution in [0.3, 0.4) is 0 Å². The Balaban J connectivity index is 1.72. The molecule has 0 spiro atoms. The van der Waals surface area contributed by atoms with Crippen molar-refractivity contribution in [2.75, 3.05) is 0 Å². The number of hydrogen-bond donors (Lipinski definition) is 2. The molecule has 0 bridgehead atoms. The molecule has 4 rings (SSSR count). The molecule has 3 aromatic rings. The van der Waals surface area contributed by atoms with E-state index in [0.717, 1.165) is 46.9 Å². The summed E-state index contributed by atoms with van der Waals surface area (Å²) in [7, 11) is 0. The van der Waals surface area contributed by atoms with Crippen LogP contribution < -0.4 is 0 Å². The molecule has 6 nitrogen and oxygen atoms in total. The van der Waals surface area contributed by atoms with Crippen molar-refractivity contribution in [3.05, 3.63) is 23.5 Å². The number of aliphatic carboxylic acids is 1. The van der Waals surface area contributed by atoms with Gasteiger partial charge in [-0.1, -0.05) is 6.92 Å². The Bertz CT molecular complexity index is 970. The highest BCUT2D eigenvalue weighted by atomic mass is 32.1. The first kappa shape index (κ1) is 18.4. The van der Waals surface area contributed by atoms with E-state index in [2.05, 4.69) is 14.5 Å². The molecule has 27 heavy (non-hydrogen) atoms. The number of carbonyl (C=O) groups is 1. The topological polar surface area (TPSA) is 88.2 Å². The van der Waals surface area contributed by atoms with Crippen LogP contribution in [-0.2, 0) is 4.79 Å². The highest BCUT2D eigenvalue weighted by Crippen LogP contribution is 2.41. The van der Waals surface area contributed by atoms with Gasteiger partial charge < -0.3 is 14.8 Å². The van der Waals surface area contributed by atoms with Gasteiger partial charge in [0, 0.05) is 6.04 Å². The van der Waals surface area contributed by atoms with Gasteiger partial charge in [0.15, 0.2) is 0 Å². The van der Waals surface area contributed by atoms with Crippen molar-refractivity contribution in [3.63, 3.8) is 0 Å². The maximum atomic E-state index is 11.5. The summed E-state index contributed by atoms with van der Waals surface area (Å²) in [4.78, 5) is 20.7. The van der Waals surface area contributed by atoms with Gasteiger partial charge in [0.25, 0.3) is 0 Å². The molecule has 3 heterocycles. The average Bonchev–Trinajstić information content (AvgIpc) is 3.26. The third-order valence-corrected chi connectivity index (χ3v) is 6.87. The summed E-state index contributed by atoms with van der Waals surface area (Å²) in [6.07, 6.45) is 5.42. The van der Waals surface area contributed by atoms with Gasteiger partial charge in [-0.2, -0.15) is 0 Å². The van der Waals surface area contributed by atoms with Crippen molar-refractivity contribution in [1.29, 1.82) is 0 Å². The second-order valence-corrected chi connectivity index (χ2v) is 8.48. The van der Waals surface area contributed by atoms with Crippen LogP contribution >= 0.6 is 11.3 Å². The number of aromatic nitrogens is 3. The first-order valence-electron chi connectivity index (χ1n) is 9.66. The Kier molecular flexibility index (Phi) is 4.90. The van der Waals surface area contributed by atoms with E-state index in [1.54, 1.807) is 24.5 Å². The van der Waals surface area contributed by atoms with Crippen LogP contribution in [0.5, 0.6) is 0 Å². The summed E-state index contributed by atoms with van der Waals surface area (Å²) < 4.78 is 3.31. The molecule has 7 heteroatoms. The molecule has 3 aromatic heterocycles. The van der Waals surface area contributed by atoms with Crippen molar-refractivity contribution in [3.8, 4) is 0 Å². The molecular formula is C20H25N3O3S. The highest BCUT2D eigenvalue weighted by Gasteiger charge is 2.33. The second-order valence-electron chi connectivity index (χ2n) is 7.56. The van der Waals surface area contributed by atoms with Crippen LogP contribution in [0.1, 0.15) is 63.9 Å². The average molecular weight is 388 g/mol. The zero-order valence-corrected chi connectivity index (χ0v) is 16.4. The molecule has 144 valence electrons. The van der Waals surface area contributed by atoms with Gasteiger partial charge in [0.05, 0.1) is 27.8 Å². The number of nitrogens with zero attached hydrogens (tertiary/aromatic N) is 3. The Morgan fingerprint density at radius 3 is 2.70 bits per heavy atom. The lowest BCUT2D eigenvalue weighted by Gasteiger charge is -2.33. The SMILES string of the molecule is CCC(C(=O)O)[C@H]1CC[C@H](n2c([C@@H](C)O)nc3cnc4ccsc4c32)CC1. The smallest absolute Gasteiger partial charge is 0.306 e. The van der Waals surface area contributed by atoms with Crippen LogP contribution in [0.2, 0.25) is 0 Å². The molecule has 1 saturated carbocycles. The van der Waals surface area contributed by atoms with Gasteiger partial charge in [-0.15, -0.1) is 11.3 Å². The minimum atomic E-state index is -0.676. The van der Waals surface area contributed by atoms with E-state index in [1.165, 1.54) is 0 Å². The van der Waals surface area contributed by atoms with Crippen LogP contribution in [0.25, 0.3) is 21.3 Å². The van der Waals surface area contributed by atoms with Crippen LogP contribution in [0.4, 0.5) is 0 Å². The molecule has 2 N–H and O–H groups in total. The molecule has 0 saturated heterocycles. The van der Waals surface area contributed by atoms with Crippen molar-refractivity contribution < 1.29 is 15.0 Å². The number of carboxylic acids is 1. The van der Waals surface area contributed by atoms with E-state index < -0.39 is 12.1 Å². The minimum absolute atomic E-state index is 0.231. The fraction of sp³-hybridized carbons (Fsp3) is 0.550. The van der Waals surface area contributed by atoms with Gasteiger partial charge in [-0.3, -0.25) is 9.78 Å². The lowest BCUT2D eigenvalue weighted by molar-refractivity contribution is -0.144. The van der Waals surface area contributed by atoms with Crippen LogP contribution in [0.15, 0.2) is 17.6 Å². The number of carboxylic acid groups (broad SMARTS) is 1. The number of fused-ring (bicyclic) bond motifs is 3. The van der Waals surface area contributed by atoms with E-state index >= 15 is 0 Å². The Morgan fingerprint density at radius 2 is 2.07 bits per heavy atom. The van der Waals surface area contributed by atoms with Gasteiger partial charge in [0.1, 0.15) is 17.4 Å². The predicted octanol–water partition coefficient (Wildman–Crippen LogP) is 4.54. The number of aliphatic hydroxyl groups excluding tert-OH is 1. The van der Waals surface area contributed by atoms with Gasteiger partial charge >= 0.3 is 5.97 Å². The minimum Gasteiger partial charge on any atom is -0.481 e. The number of thiophene rings is 1. The monoisotopic (exact) mass is 387 g/mol. The fourth-order valence-electron chi connectivity index (χ4n) is 4.63.